The highest BCUT2D eigenvalue weighted by Gasteiger charge is 2.16. The number of phenols is 1. The van der Waals surface area contributed by atoms with E-state index in [4.69, 9.17) is 9.47 Å². The molecule has 2 aromatic rings. The summed E-state index contributed by atoms with van der Waals surface area (Å²) in [6.45, 7) is 2.49. The number of aromatic hydroxyl groups is 1. The minimum Gasteiger partial charge on any atom is -0.508 e. The molecule has 0 spiro atoms. The van der Waals surface area contributed by atoms with Crippen LogP contribution in [0, 0.1) is 12.7 Å². The van der Waals surface area contributed by atoms with Crippen LogP contribution in [0.15, 0.2) is 41.3 Å². The van der Waals surface area contributed by atoms with Gasteiger partial charge in [0.1, 0.15) is 23.9 Å². The summed E-state index contributed by atoms with van der Waals surface area (Å²) in [4.78, 5) is 0.00263. The topological polar surface area (TPSA) is 84.9 Å². The van der Waals surface area contributed by atoms with Gasteiger partial charge in [0, 0.05) is 19.2 Å². The van der Waals surface area contributed by atoms with Crippen molar-refractivity contribution in [2.75, 3.05) is 25.0 Å². The summed E-state index contributed by atoms with van der Waals surface area (Å²) in [5.41, 5.74) is 0.571. The molecular formula is C16H18FNO5S. The zero-order valence-corrected chi connectivity index (χ0v) is 14.1. The molecule has 0 heterocycles. The first-order chi connectivity index (χ1) is 11.3. The van der Waals surface area contributed by atoms with Crippen LogP contribution < -0.4 is 9.46 Å². The van der Waals surface area contributed by atoms with Crippen molar-refractivity contribution >= 4 is 15.7 Å². The molecule has 2 rings (SSSR count). The van der Waals surface area contributed by atoms with Crippen molar-refractivity contribution in [1.29, 1.82) is 0 Å². The summed E-state index contributed by atoms with van der Waals surface area (Å²) >= 11 is 0. The lowest BCUT2D eigenvalue weighted by Crippen LogP contribution is -2.13. The molecule has 0 aliphatic carbocycles. The number of halogens is 1. The average Bonchev–Trinajstić information content (AvgIpc) is 2.47. The second-order valence-corrected chi connectivity index (χ2v) is 6.75. The van der Waals surface area contributed by atoms with Crippen molar-refractivity contribution < 1.29 is 27.4 Å². The summed E-state index contributed by atoms with van der Waals surface area (Å²) in [5, 5.41) is 9.34. The average molecular weight is 355 g/mol. The number of aryl methyl sites for hydroxylation is 1. The van der Waals surface area contributed by atoms with Crippen LogP contribution in [-0.4, -0.2) is 33.8 Å². The standard InChI is InChI=1S/C16H18FNO5S/c1-11-7-15(3-4-16(11)23-6-5-22-2)24(20,21)18-13-8-12(17)9-14(19)10-13/h3-4,7-10,18-19H,5-6H2,1-2H3. The molecule has 0 aliphatic heterocycles. The lowest BCUT2D eigenvalue weighted by atomic mass is 10.2. The van der Waals surface area contributed by atoms with Crippen LogP contribution in [0.1, 0.15) is 5.56 Å². The molecule has 0 atom stereocenters. The van der Waals surface area contributed by atoms with Gasteiger partial charge in [-0.25, -0.2) is 12.8 Å². The Morgan fingerprint density at radius 3 is 2.54 bits per heavy atom. The third kappa shape index (κ3) is 4.59. The van der Waals surface area contributed by atoms with Gasteiger partial charge in [-0.1, -0.05) is 0 Å². The van der Waals surface area contributed by atoms with E-state index in [1.807, 2.05) is 0 Å². The monoisotopic (exact) mass is 355 g/mol. The Kier molecular flexibility index (Phi) is 5.63. The van der Waals surface area contributed by atoms with Gasteiger partial charge in [-0.15, -0.1) is 0 Å². The summed E-state index contributed by atoms with van der Waals surface area (Å²) in [7, 11) is -2.36. The zero-order chi connectivity index (χ0) is 17.7. The van der Waals surface area contributed by atoms with Gasteiger partial charge in [0.2, 0.25) is 0 Å². The lowest BCUT2D eigenvalue weighted by molar-refractivity contribution is 0.146. The van der Waals surface area contributed by atoms with E-state index >= 15 is 0 Å². The van der Waals surface area contributed by atoms with Gasteiger partial charge in [-0.3, -0.25) is 4.72 Å². The number of hydrogen-bond acceptors (Lipinski definition) is 5. The highest BCUT2D eigenvalue weighted by molar-refractivity contribution is 7.92. The van der Waals surface area contributed by atoms with Crippen LogP contribution in [0.5, 0.6) is 11.5 Å². The van der Waals surface area contributed by atoms with Crippen LogP contribution >= 0.6 is 0 Å². The fraction of sp³-hybridized carbons (Fsp3) is 0.250. The summed E-state index contributed by atoms with van der Waals surface area (Å²) in [6, 6.07) is 7.36. The maximum Gasteiger partial charge on any atom is 0.261 e. The number of nitrogens with one attached hydrogen (secondary N) is 1. The smallest absolute Gasteiger partial charge is 0.261 e. The Bertz CT molecular complexity index is 803. The molecule has 24 heavy (non-hydrogen) atoms. The van der Waals surface area contributed by atoms with Gasteiger partial charge in [0.05, 0.1) is 17.2 Å². The summed E-state index contributed by atoms with van der Waals surface area (Å²) < 4.78 is 50.6. The summed E-state index contributed by atoms with van der Waals surface area (Å²) in [5.74, 6) is -0.564. The van der Waals surface area contributed by atoms with Gasteiger partial charge in [0.25, 0.3) is 10.0 Å². The zero-order valence-electron chi connectivity index (χ0n) is 13.2. The quantitative estimate of drug-likeness (QED) is 0.746. The molecule has 130 valence electrons. The number of rotatable bonds is 7. The number of phenolic OH excluding ortho intramolecular Hbond substituents is 1. The van der Waals surface area contributed by atoms with Crippen LogP contribution in [0.2, 0.25) is 0 Å². The Hall–Kier alpha value is -2.32. The van der Waals surface area contributed by atoms with Gasteiger partial charge >= 0.3 is 0 Å². The molecule has 0 amide bonds. The first kappa shape index (κ1) is 18.0. The third-order valence-electron chi connectivity index (χ3n) is 3.14. The Morgan fingerprint density at radius 1 is 1.17 bits per heavy atom. The van der Waals surface area contributed by atoms with E-state index in [-0.39, 0.29) is 16.3 Å². The first-order valence-electron chi connectivity index (χ1n) is 7.06. The van der Waals surface area contributed by atoms with E-state index in [2.05, 4.69) is 4.72 Å². The first-order valence-corrected chi connectivity index (χ1v) is 8.55. The molecule has 0 saturated heterocycles. The molecule has 0 fully saturated rings. The van der Waals surface area contributed by atoms with Crippen LogP contribution in [0.3, 0.4) is 0 Å². The van der Waals surface area contributed by atoms with E-state index in [0.717, 1.165) is 18.2 Å². The van der Waals surface area contributed by atoms with Crippen molar-refractivity contribution in [2.24, 2.45) is 0 Å². The molecule has 0 radical (unpaired) electrons. The molecule has 2 aromatic carbocycles. The van der Waals surface area contributed by atoms with Gasteiger partial charge < -0.3 is 14.6 Å². The highest BCUT2D eigenvalue weighted by Crippen LogP contribution is 2.25. The Labute approximate surface area is 139 Å². The minimum absolute atomic E-state index is 0.00263. The summed E-state index contributed by atoms with van der Waals surface area (Å²) in [6.07, 6.45) is 0. The SMILES string of the molecule is COCCOc1ccc(S(=O)(=O)Nc2cc(O)cc(F)c2)cc1C. The molecule has 8 heteroatoms. The van der Waals surface area contributed by atoms with E-state index in [0.29, 0.717) is 24.5 Å². The van der Waals surface area contributed by atoms with Crippen molar-refractivity contribution in [2.45, 2.75) is 11.8 Å². The lowest BCUT2D eigenvalue weighted by Gasteiger charge is -2.12. The molecule has 2 N–H and O–H groups in total. The Morgan fingerprint density at radius 2 is 1.92 bits per heavy atom. The van der Waals surface area contributed by atoms with Crippen molar-refractivity contribution in [1.82, 2.24) is 0 Å². The largest absolute Gasteiger partial charge is 0.508 e. The normalized spacial score (nSPS) is 11.3. The number of ether oxygens (including phenoxy) is 2. The predicted molar refractivity (Wildman–Crippen MR) is 87.4 cm³/mol. The minimum atomic E-state index is -3.92. The second kappa shape index (κ2) is 7.50. The number of anilines is 1. The molecular weight excluding hydrogens is 337 g/mol. The van der Waals surface area contributed by atoms with E-state index in [9.17, 15) is 17.9 Å². The highest BCUT2D eigenvalue weighted by atomic mass is 32.2. The molecule has 0 aliphatic rings. The van der Waals surface area contributed by atoms with Crippen LogP contribution in [0.25, 0.3) is 0 Å². The van der Waals surface area contributed by atoms with Crippen molar-refractivity contribution in [3.05, 3.63) is 47.8 Å². The van der Waals surface area contributed by atoms with Gasteiger partial charge in [-0.2, -0.15) is 0 Å². The van der Waals surface area contributed by atoms with Crippen molar-refractivity contribution in [3.8, 4) is 11.5 Å². The molecule has 0 aromatic heterocycles. The van der Waals surface area contributed by atoms with Crippen molar-refractivity contribution in [3.63, 3.8) is 0 Å². The van der Waals surface area contributed by atoms with Gasteiger partial charge in [-0.05, 0) is 36.8 Å². The Balaban J connectivity index is 2.21. The van der Waals surface area contributed by atoms with E-state index < -0.39 is 15.8 Å². The maximum atomic E-state index is 13.2. The molecule has 0 bridgehead atoms. The van der Waals surface area contributed by atoms with Crippen LogP contribution in [-0.2, 0) is 14.8 Å². The predicted octanol–water partition coefficient (Wildman–Crippen LogP) is 2.67. The number of methoxy groups -OCH3 is 1. The van der Waals surface area contributed by atoms with Crippen LogP contribution in [0.4, 0.5) is 10.1 Å². The fourth-order valence-corrected chi connectivity index (χ4v) is 3.16. The van der Waals surface area contributed by atoms with E-state index in [1.165, 1.54) is 12.1 Å². The molecule has 6 nitrogen and oxygen atoms in total. The maximum absolute atomic E-state index is 13.2. The third-order valence-corrected chi connectivity index (χ3v) is 4.52. The molecule has 0 unspecified atom stereocenters. The van der Waals surface area contributed by atoms with E-state index in [1.54, 1.807) is 20.1 Å². The molecule has 0 saturated carbocycles. The number of hydrogen-bond donors (Lipinski definition) is 2. The number of benzene rings is 2. The van der Waals surface area contributed by atoms with Gasteiger partial charge in [0.15, 0.2) is 0 Å². The fourth-order valence-electron chi connectivity index (χ4n) is 2.03. The second-order valence-electron chi connectivity index (χ2n) is 5.07. The number of sulfonamides is 1.